The molecule has 0 bridgehead atoms. The van der Waals surface area contributed by atoms with E-state index in [-0.39, 0.29) is 0 Å². The first-order chi connectivity index (χ1) is 12.2. The largest absolute Gasteiger partial charge is 0.370 e. The molecule has 1 aliphatic rings. The van der Waals surface area contributed by atoms with Crippen molar-refractivity contribution in [2.45, 2.75) is 39.2 Å². The smallest absolute Gasteiger partial charge is 0.193 e. The Morgan fingerprint density at radius 1 is 1.20 bits per heavy atom. The van der Waals surface area contributed by atoms with E-state index in [1.54, 1.807) is 0 Å². The van der Waals surface area contributed by atoms with Crippen molar-refractivity contribution in [3.05, 3.63) is 65.1 Å². The molecular formula is C20H23N5. The van der Waals surface area contributed by atoms with Gasteiger partial charge in [-0.05, 0) is 61.4 Å². The van der Waals surface area contributed by atoms with Gasteiger partial charge >= 0.3 is 0 Å². The first kappa shape index (κ1) is 15.7. The number of imidazole rings is 1. The van der Waals surface area contributed by atoms with E-state index < -0.39 is 0 Å². The highest BCUT2D eigenvalue weighted by Crippen LogP contribution is 2.27. The van der Waals surface area contributed by atoms with Crippen LogP contribution in [0.5, 0.6) is 0 Å². The van der Waals surface area contributed by atoms with Crippen LogP contribution in [0, 0.1) is 6.92 Å². The number of guanidine groups is 1. The number of aliphatic imine (C=N–C) groups is 1. The molecule has 0 spiro atoms. The third kappa shape index (κ3) is 3.36. The van der Waals surface area contributed by atoms with Crippen molar-refractivity contribution in [3.8, 4) is 0 Å². The maximum atomic E-state index is 6.11. The van der Waals surface area contributed by atoms with Gasteiger partial charge < -0.3 is 15.5 Å². The van der Waals surface area contributed by atoms with E-state index in [4.69, 9.17) is 5.73 Å². The minimum atomic E-state index is 0.437. The number of anilines is 1. The van der Waals surface area contributed by atoms with Crippen LogP contribution in [0.25, 0.3) is 5.65 Å². The zero-order chi connectivity index (χ0) is 17.2. The van der Waals surface area contributed by atoms with E-state index in [1.807, 2.05) is 16.7 Å². The van der Waals surface area contributed by atoms with Crippen molar-refractivity contribution in [1.29, 1.82) is 0 Å². The molecular weight excluding hydrogens is 310 g/mol. The predicted octanol–water partition coefficient (Wildman–Crippen LogP) is 3.45. The fraction of sp³-hybridized carbons (Fsp3) is 0.300. The standard InChI is InChI=1S/C20H23N5/c1-14-9-10-19-23-16(13-25(19)12-14)11-22-20(21)24-18-8-4-6-15-5-2-3-7-17(15)18/h4,6,8-10,12-13H,2-3,5,7,11H2,1H3,(H3,21,22,24). The Morgan fingerprint density at radius 3 is 3.00 bits per heavy atom. The van der Waals surface area contributed by atoms with E-state index in [2.05, 4.69) is 52.7 Å². The zero-order valence-corrected chi connectivity index (χ0v) is 14.5. The van der Waals surface area contributed by atoms with Crippen LogP contribution in [-0.2, 0) is 19.4 Å². The van der Waals surface area contributed by atoms with Gasteiger partial charge in [-0.2, -0.15) is 0 Å². The minimum Gasteiger partial charge on any atom is -0.370 e. The molecule has 3 aromatic rings. The Morgan fingerprint density at radius 2 is 2.08 bits per heavy atom. The van der Waals surface area contributed by atoms with Gasteiger partial charge in [0, 0.05) is 18.1 Å². The van der Waals surface area contributed by atoms with Gasteiger partial charge in [0.2, 0.25) is 0 Å². The lowest BCUT2D eigenvalue weighted by molar-refractivity contribution is 0.687. The number of fused-ring (bicyclic) bond motifs is 2. The van der Waals surface area contributed by atoms with Gasteiger partial charge in [0.1, 0.15) is 5.65 Å². The molecule has 5 heteroatoms. The van der Waals surface area contributed by atoms with Crippen molar-refractivity contribution in [2.75, 3.05) is 5.32 Å². The van der Waals surface area contributed by atoms with Crippen LogP contribution in [-0.4, -0.2) is 15.3 Å². The topological polar surface area (TPSA) is 67.7 Å². The number of aryl methyl sites for hydroxylation is 2. The molecule has 1 aliphatic carbocycles. The van der Waals surface area contributed by atoms with Crippen LogP contribution in [0.2, 0.25) is 0 Å². The Hall–Kier alpha value is -2.82. The number of nitrogens with one attached hydrogen (secondary N) is 1. The highest BCUT2D eigenvalue weighted by molar-refractivity contribution is 5.93. The lowest BCUT2D eigenvalue weighted by Gasteiger charge is -2.19. The lowest BCUT2D eigenvalue weighted by Crippen LogP contribution is -2.24. The third-order valence-corrected chi connectivity index (χ3v) is 4.72. The average molecular weight is 333 g/mol. The molecule has 128 valence electrons. The second-order valence-corrected chi connectivity index (χ2v) is 6.68. The second kappa shape index (κ2) is 6.59. The summed E-state index contributed by atoms with van der Waals surface area (Å²) in [5.41, 5.74) is 13.1. The summed E-state index contributed by atoms with van der Waals surface area (Å²) in [6.07, 6.45) is 8.84. The van der Waals surface area contributed by atoms with Gasteiger partial charge in [-0.25, -0.2) is 9.98 Å². The van der Waals surface area contributed by atoms with Crippen LogP contribution in [0.4, 0.5) is 5.69 Å². The Balaban J connectivity index is 1.50. The van der Waals surface area contributed by atoms with Crippen LogP contribution >= 0.6 is 0 Å². The molecule has 5 nitrogen and oxygen atoms in total. The fourth-order valence-corrected chi connectivity index (χ4v) is 3.47. The molecule has 4 rings (SSSR count). The lowest BCUT2D eigenvalue weighted by atomic mass is 9.90. The molecule has 0 saturated carbocycles. The summed E-state index contributed by atoms with van der Waals surface area (Å²) in [5, 5.41) is 3.28. The van der Waals surface area contributed by atoms with Gasteiger partial charge in [0.25, 0.3) is 0 Å². The number of rotatable bonds is 3. The number of hydrogen-bond acceptors (Lipinski definition) is 2. The average Bonchev–Trinajstić information content (AvgIpc) is 3.02. The molecule has 3 N–H and O–H groups in total. The summed E-state index contributed by atoms with van der Waals surface area (Å²) >= 11 is 0. The highest BCUT2D eigenvalue weighted by Gasteiger charge is 2.13. The van der Waals surface area contributed by atoms with Crippen molar-refractivity contribution < 1.29 is 0 Å². The normalized spacial score (nSPS) is 14.5. The molecule has 0 fully saturated rings. The molecule has 0 radical (unpaired) electrons. The van der Waals surface area contributed by atoms with Gasteiger partial charge in [-0.1, -0.05) is 18.2 Å². The van der Waals surface area contributed by atoms with Gasteiger partial charge in [-0.15, -0.1) is 0 Å². The van der Waals surface area contributed by atoms with E-state index in [0.717, 1.165) is 29.9 Å². The zero-order valence-electron chi connectivity index (χ0n) is 14.5. The molecule has 0 aliphatic heterocycles. The van der Waals surface area contributed by atoms with Gasteiger partial charge in [-0.3, -0.25) is 0 Å². The maximum Gasteiger partial charge on any atom is 0.193 e. The molecule has 1 aromatic carbocycles. The van der Waals surface area contributed by atoms with Crippen molar-refractivity contribution in [3.63, 3.8) is 0 Å². The molecule has 2 aromatic heterocycles. The first-order valence-electron chi connectivity index (χ1n) is 8.81. The minimum absolute atomic E-state index is 0.437. The summed E-state index contributed by atoms with van der Waals surface area (Å²) in [6, 6.07) is 10.5. The Kier molecular flexibility index (Phi) is 4.14. The summed E-state index contributed by atoms with van der Waals surface area (Å²) in [6.45, 7) is 2.54. The second-order valence-electron chi connectivity index (χ2n) is 6.68. The van der Waals surface area contributed by atoms with Crippen LogP contribution in [0.1, 0.15) is 35.2 Å². The van der Waals surface area contributed by atoms with Gasteiger partial charge in [0.15, 0.2) is 5.96 Å². The monoisotopic (exact) mass is 333 g/mol. The summed E-state index contributed by atoms with van der Waals surface area (Å²) in [5.74, 6) is 0.437. The predicted molar refractivity (Wildman–Crippen MR) is 102 cm³/mol. The van der Waals surface area contributed by atoms with Crippen LogP contribution in [0.3, 0.4) is 0 Å². The van der Waals surface area contributed by atoms with Gasteiger partial charge in [0.05, 0.1) is 12.2 Å². The summed E-state index contributed by atoms with van der Waals surface area (Å²) in [7, 11) is 0. The fourth-order valence-electron chi connectivity index (χ4n) is 3.47. The Bertz CT molecular complexity index is 938. The number of hydrogen-bond donors (Lipinski definition) is 2. The molecule has 0 unspecified atom stereocenters. The van der Waals surface area contributed by atoms with Crippen LogP contribution in [0.15, 0.2) is 47.7 Å². The number of nitrogens with two attached hydrogens (primary N) is 1. The molecule has 0 saturated heterocycles. The summed E-state index contributed by atoms with van der Waals surface area (Å²) < 4.78 is 2.03. The molecule has 0 amide bonds. The number of aromatic nitrogens is 2. The summed E-state index contributed by atoms with van der Waals surface area (Å²) in [4.78, 5) is 9.04. The number of benzene rings is 1. The molecule has 0 atom stereocenters. The number of nitrogens with zero attached hydrogens (tertiary/aromatic N) is 3. The van der Waals surface area contributed by atoms with E-state index >= 15 is 0 Å². The molecule has 2 heterocycles. The quantitative estimate of drug-likeness (QED) is 0.570. The Labute approximate surface area is 147 Å². The van der Waals surface area contributed by atoms with Crippen molar-refractivity contribution in [1.82, 2.24) is 9.38 Å². The maximum absolute atomic E-state index is 6.11. The van der Waals surface area contributed by atoms with E-state index in [1.165, 1.54) is 29.5 Å². The molecule has 25 heavy (non-hydrogen) atoms. The number of pyridine rings is 1. The van der Waals surface area contributed by atoms with Crippen LogP contribution < -0.4 is 11.1 Å². The van der Waals surface area contributed by atoms with E-state index in [0.29, 0.717) is 12.5 Å². The third-order valence-electron chi connectivity index (χ3n) is 4.72. The first-order valence-corrected chi connectivity index (χ1v) is 8.81. The van der Waals surface area contributed by atoms with Crippen molar-refractivity contribution in [2.24, 2.45) is 10.7 Å². The highest BCUT2D eigenvalue weighted by atomic mass is 15.1. The van der Waals surface area contributed by atoms with E-state index in [9.17, 15) is 0 Å². The van der Waals surface area contributed by atoms with Crippen molar-refractivity contribution >= 4 is 17.3 Å². The SMILES string of the molecule is Cc1ccc2nc(CN=C(N)Nc3cccc4c3CCCC4)cn2c1.